The molecule has 0 bridgehead atoms. The van der Waals surface area contributed by atoms with Gasteiger partial charge in [0.05, 0.1) is 26.3 Å². The number of amides is 1. The number of benzene rings is 2. The van der Waals surface area contributed by atoms with Crippen LogP contribution in [0.3, 0.4) is 0 Å². The van der Waals surface area contributed by atoms with Gasteiger partial charge in [0.25, 0.3) is 5.91 Å². The Kier molecular flexibility index (Phi) is 5.16. The Morgan fingerprint density at radius 3 is 2.00 bits per heavy atom. The first-order valence-electron chi connectivity index (χ1n) is 10.6. The number of likely N-dealkylation sites (tertiary alicyclic amines) is 1. The highest BCUT2D eigenvalue weighted by Crippen LogP contribution is 2.35. The summed E-state index contributed by atoms with van der Waals surface area (Å²) in [5.74, 6) is 1.80. The summed E-state index contributed by atoms with van der Waals surface area (Å²) in [5.41, 5.74) is 3.14. The van der Waals surface area contributed by atoms with Gasteiger partial charge in [0.1, 0.15) is 17.2 Å². The zero-order valence-electron chi connectivity index (χ0n) is 17.9. The minimum absolute atomic E-state index is 0.105. The molecule has 0 aliphatic carbocycles. The van der Waals surface area contributed by atoms with Crippen LogP contribution < -0.4 is 9.47 Å². The van der Waals surface area contributed by atoms with Crippen molar-refractivity contribution < 1.29 is 14.3 Å². The normalized spacial score (nSPS) is 20.5. The highest BCUT2D eigenvalue weighted by atomic mass is 16.5. The van der Waals surface area contributed by atoms with E-state index in [0.717, 1.165) is 42.4 Å². The largest absolute Gasteiger partial charge is 0.497 e. The summed E-state index contributed by atoms with van der Waals surface area (Å²) in [6.45, 7) is 3.24. The van der Waals surface area contributed by atoms with Gasteiger partial charge in [-0.25, -0.2) is 0 Å². The number of hydrogen-bond acceptors (Lipinski definition) is 4. The Morgan fingerprint density at radius 2 is 1.39 bits per heavy atom. The van der Waals surface area contributed by atoms with Crippen molar-refractivity contribution in [3.63, 3.8) is 0 Å². The van der Waals surface area contributed by atoms with Gasteiger partial charge in [-0.3, -0.25) is 9.69 Å². The van der Waals surface area contributed by atoms with Gasteiger partial charge in [0.2, 0.25) is 0 Å². The maximum Gasteiger partial charge on any atom is 0.271 e. The SMILES string of the molecule is COc1ccc(CN2C[C@@H]3[C@H](C2)N(Cc2ccc(OC)cc2)C(=O)c2cccn23)cc1. The summed E-state index contributed by atoms with van der Waals surface area (Å²) in [4.78, 5) is 17.8. The van der Waals surface area contributed by atoms with E-state index in [0.29, 0.717) is 6.54 Å². The van der Waals surface area contributed by atoms with Crippen LogP contribution in [0.5, 0.6) is 11.5 Å². The van der Waals surface area contributed by atoms with Crippen molar-refractivity contribution in [1.29, 1.82) is 0 Å². The van der Waals surface area contributed by atoms with Crippen LogP contribution in [-0.4, -0.2) is 53.6 Å². The summed E-state index contributed by atoms with van der Waals surface area (Å²) in [6, 6.07) is 20.5. The number of hydrogen-bond donors (Lipinski definition) is 0. The van der Waals surface area contributed by atoms with Crippen molar-refractivity contribution in [1.82, 2.24) is 14.4 Å². The first-order valence-corrected chi connectivity index (χ1v) is 10.6. The fraction of sp³-hybridized carbons (Fsp3) is 0.320. The van der Waals surface area contributed by atoms with Crippen LogP contribution in [0.15, 0.2) is 66.9 Å². The number of ether oxygens (including phenoxy) is 2. The zero-order chi connectivity index (χ0) is 21.4. The molecule has 1 saturated heterocycles. The average molecular weight is 418 g/mol. The topological polar surface area (TPSA) is 46.9 Å². The maximum absolute atomic E-state index is 13.3. The van der Waals surface area contributed by atoms with E-state index in [1.54, 1.807) is 14.2 Å². The van der Waals surface area contributed by atoms with Crippen LogP contribution in [-0.2, 0) is 13.1 Å². The molecular weight excluding hydrogens is 390 g/mol. The lowest BCUT2D eigenvalue weighted by molar-refractivity contribution is 0.0556. The number of carbonyl (C=O) groups excluding carboxylic acids is 1. The van der Waals surface area contributed by atoms with E-state index in [4.69, 9.17) is 9.47 Å². The van der Waals surface area contributed by atoms with Crippen molar-refractivity contribution in [2.75, 3.05) is 27.3 Å². The first kappa shape index (κ1) is 19.7. The Hall–Kier alpha value is -3.25. The molecule has 3 heterocycles. The quantitative estimate of drug-likeness (QED) is 0.615. The van der Waals surface area contributed by atoms with Crippen molar-refractivity contribution in [3.8, 4) is 11.5 Å². The molecule has 1 aromatic heterocycles. The smallest absolute Gasteiger partial charge is 0.271 e. The highest BCUT2D eigenvalue weighted by molar-refractivity contribution is 5.94. The average Bonchev–Trinajstić information content (AvgIpc) is 3.45. The summed E-state index contributed by atoms with van der Waals surface area (Å²) >= 11 is 0. The number of aromatic nitrogens is 1. The lowest BCUT2D eigenvalue weighted by atomic mass is 10.0. The predicted molar refractivity (Wildman–Crippen MR) is 118 cm³/mol. The third kappa shape index (κ3) is 3.68. The third-order valence-electron chi connectivity index (χ3n) is 6.43. The predicted octanol–water partition coefficient (Wildman–Crippen LogP) is 3.59. The molecule has 6 heteroatoms. The van der Waals surface area contributed by atoms with E-state index in [9.17, 15) is 4.79 Å². The van der Waals surface area contributed by atoms with Crippen LogP contribution in [0.2, 0.25) is 0 Å². The molecule has 0 N–H and O–H groups in total. The molecule has 5 rings (SSSR count). The fourth-order valence-corrected chi connectivity index (χ4v) is 4.82. The number of nitrogens with zero attached hydrogens (tertiary/aromatic N) is 3. The molecule has 1 amide bonds. The van der Waals surface area contributed by atoms with Gasteiger partial charge in [-0.1, -0.05) is 24.3 Å². The summed E-state index contributed by atoms with van der Waals surface area (Å²) in [7, 11) is 3.35. The molecule has 160 valence electrons. The van der Waals surface area contributed by atoms with Crippen molar-refractivity contribution in [2.24, 2.45) is 0 Å². The molecule has 31 heavy (non-hydrogen) atoms. The van der Waals surface area contributed by atoms with Crippen LogP contribution in [0.25, 0.3) is 0 Å². The zero-order valence-corrected chi connectivity index (χ0v) is 17.9. The van der Waals surface area contributed by atoms with Crippen LogP contribution in [0, 0.1) is 0 Å². The van der Waals surface area contributed by atoms with Crippen LogP contribution in [0.1, 0.15) is 27.7 Å². The van der Waals surface area contributed by atoms with Gasteiger partial charge >= 0.3 is 0 Å². The monoisotopic (exact) mass is 417 g/mol. The molecule has 2 atom stereocenters. The molecule has 0 spiro atoms. The van der Waals surface area contributed by atoms with Gasteiger partial charge in [-0.15, -0.1) is 0 Å². The Labute approximate surface area is 182 Å². The van der Waals surface area contributed by atoms with Crippen molar-refractivity contribution in [2.45, 2.75) is 25.2 Å². The number of rotatable bonds is 6. The second-order valence-electron chi connectivity index (χ2n) is 8.26. The number of fused-ring (bicyclic) bond motifs is 3. The van der Waals surface area contributed by atoms with Crippen molar-refractivity contribution in [3.05, 3.63) is 83.7 Å². The molecule has 2 aliphatic heterocycles. The second kappa shape index (κ2) is 8.12. The van der Waals surface area contributed by atoms with Gasteiger partial charge < -0.3 is 18.9 Å². The van der Waals surface area contributed by atoms with E-state index >= 15 is 0 Å². The van der Waals surface area contributed by atoms with Gasteiger partial charge in [0, 0.05) is 32.4 Å². The molecule has 0 unspecified atom stereocenters. The fourth-order valence-electron chi connectivity index (χ4n) is 4.82. The number of carbonyl (C=O) groups is 1. The number of methoxy groups -OCH3 is 2. The minimum atomic E-state index is 0.105. The second-order valence-corrected chi connectivity index (χ2v) is 8.26. The van der Waals surface area contributed by atoms with Crippen LogP contribution >= 0.6 is 0 Å². The molecule has 3 aromatic rings. The van der Waals surface area contributed by atoms with Gasteiger partial charge in [0.15, 0.2) is 0 Å². The van der Waals surface area contributed by atoms with E-state index in [-0.39, 0.29) is 18.0 Å². The summed E-state index contributed by atoms with van der Waals surface area (Å²) in [5, 5.41) is 0. The van der Waals surface area contributed by atoms with E-state index < -0.39 is 0 Å². The molecule has 2 aromatic carbocycles. The highest BCUT2D eigenvalue weighted by Gasteiger charge is 2.44. The van der Waals surface area contributed by atoms with E-state index in [2.05, 4.69) is 26.5 Å². The lowest BCUT2D eigenvalue weighted by Gasteiger charge is -2.38. The van der Waals surface area contributed by atoms with E-state index in [1.165, 1.54) is 5.56 Å². The van der Waals surface area contributed by atoms with Gasteiger partial charge in [-0.2, -0.15) is 0 Å². The molecule has 0 radical (unpaired) electrons. The third-order valence-corrected chi connectivity index (χ3v) is 6.43. The molecule has 6 nitrogen and oxygen atoms in total. The molecule has 1 fully saturated rings. The Bertz CT molecular complexity index is 1060. The van der Waals surface area contributed by atoms with Crippen molar-refractivity contribution >= 4 is 5.91 Å². The van der Waals surface area contributed by atoms with E-state index in [1.807, 2.05) is 54.7 Å². The lowest BCUT2D eigenvalue weighted by Crippen LogP contribution is -2.49. The molecule has 0 saturated carbocycles. The summed E-state index contributed by atoms with van der Waals surface area (Å²) in [6.07, 6.45) is 2.05. The molecule has 2 aliphatic rings. The standard InChI is InChI=1S/C25H27N3O3/c1-30-20-9-5-18(6-10-20)14-26-16-23-24(17-26)28(25(29)22-4-3-13-27(22)23)15-19-7-11-21(31-2)12-8-19/h3-13,23-24H,14-17H2,1-2H3/t23-,24+/m1/s1. The minimum Gasteiger partial charge on any atom is -0.497 e. The van der Waals surface area contributed by atoms with Crippen LogP contribution in [0.4, 0.5) is 0 Å². The Balaban J connectivity index is 1.38. The first-order chi connectivity index (χ1) is 15.2. The summed E-state index contributed by atoms with van der Waals surface area (Å²) < 4.78 is 12.7. The van der Waals surface area contributed by atoms with Gasteiger partial charge in [-0.05, 0) is 47.5 Å². The maximum atomic E-state index is 13.3. The molecular formula is C25H27N3O3. The Morgan fingerprint density at radius 1 is 0.806 bits per heavy atom.